The smallest absolute Gasteiger partial charge is 0.0724 e. The number of aryl methyl sites for hydroxylation is 1. The Balaban J connectivity index is 2.30. The van der Waals surface area contributed by atoms with E-state index in [1.165, 1.54) is 0 Å². The molecule has 3 nitrogen and oxygen atoms in total. The Labute approximate surface area is 78.6 Å². The van der Waals surface area contributed by atoms with Crippen molar-refractivity contribution < 1.29 is 0 Å². The van der Waals surface area contributed by atoms with Crippen molar-refractivity contribution in [3.05, 3.63) is 23.8 Å². The van der Waals surface area contributed by atoms with Crippen LogP contribution in [0.1, 0.15) is 17.8 Å². The van der Waals surface area contributed by atoms with Crippen molar-refractivity contribution in [1.82, 2.24) is 15.3 Å². The molecule has 0 saturated heterocycles. The zero-order valence-electron chi connectivity index (χ0n) is 7.75. The van der Waals surface area contributed by atoms with Crippen molar-refractivity contribution in [1.29, 1.82) is 0 Å². The predicted molar refractivity (Wildman–Crippen MR) is 51.9 cm³/mol. The standard InChI is InChI=1S/C10H13N3/c1-3-4-5-11-7-10-8-12-9(2)6-13-10/h1,6,8,11H,4-5,7H2,2H3. The van der Waals surface area contributed by atoms with Gasteiger partial charge in [0.2, 0.25) is 0 Å². The van der Waals surface area contributed by atoms with Crippen molar-refractivity contribution in [2.24, 2.45) is 0 Å². The zero-order chi connectivity index (χ0) is 9.52. The third-order valence-electron chi connectivity index (χ3n) is 1.59. The van der Waals surface area contributed by atoms with Crippen molar-refractivity contribution >= 4 is 0 Å². The molecule has 68 valence electrons. The number of hydrogen-bond acceptors (Lipinski definition) is 3. The van der Waals surface area contributed by atoms with Gasteiger partial charge in [-0.15, -0.1) is 12.3 Å². The summed E-state index contributed by atoms with van der Waals surface area (Å²) in [5, 5.41) is 3.18. The molecule has 1 aromatic heterocycles. The topological polar surface area (TPSA) is 37.8 Å². The zero-order valence-corrected chi connectivity index (χ0v) is 7.75. The van der Waals surface area contributed by atoms with E-state index >= 15 is 0 Å². The summed E-state index contributed by atoms with van der Waals surface area (Å²) in [6.07, 6.45) is 9.40. The lowest BCUT2D eigenvalue weighted by molar-refractivity contribution is 0.684. The van der Waals surface area contributed by atoms with Crippen LogP contribution in [0.25, 0.3) is 0 Å². The fourth-order valence-electron chi connectivity index (χ4n) is 0.888. The molecule has 1 heterocycles. The van der Waals surface area contributed by atoms with E-state index in [0.29, 0.717) is 0 Å². The van der Waals surface area contributed by atoms with Gasteiger partial charge >= 0.3 is 0 Å². The third-order valence-corrected chi connectivity index (χ3v) is 1.59. The van der Waals surface area contributed by atoms with Crippen LogP contribution in [0.2, 0.25) is 0 Å². The number of nitrogens with zero attached hydrogens (tertiary/aromatic N) is 2. The van der Waals surface area contributed by atoms with Gasteiger partial charge in [-0.1, -0.05) is 0 Å². The van der Waals surface area contributed by atoms with E-state index in [9.17, 15) is 0 Å². The average Bonchev–Trinajstić information content (AvgIpc) is 2.15. The molecule has 1 aromatic rings. The molecule has 1 N–H and O–H groups in total. The van der Waals surface area contributed by atoms with Crippen LogP contribution < -0.4 is 5.32 Å². The Morgan fingerprint density at radius 2 is 2.31 bits per heavy atom. The maximum atomic E-state index is 5.11. The molecule has 0 saturated carbocycles. The van der Waals surface area contributed by atoms with Crippen molar-refractivity contribution in [3.63, 3.8) is 0 Å². The van der Waals surface area contributed by atoms with Crippen LogP contribution in [0.15, 0.2) is 12.4 Å². The molecule has 0 fully saturated rings. The van der Waals surface area contributed by atoms with Crippen molar-refractivity contribution in [2.75, 3.05) is 6.54 Å². The number of aromatic nitrogens is 2. The first kappa shape index (κ1) is 9.69. The van der Waals surface area contributed by atoms with Crippen LogP contribution >= 0.6 is 0 Å². The largest absolute Gasteiger partial charge is 0.310 e. The summed E-state index contributed by atoms with van der Waals surface area (Å²) in [5.74, 6) is 2.56. The minimum absolute atomic E-state index is 0.731. The van der Waals surface area contributed by atoms with Gasteiger partial charge in [0.1, 0.15) is 0 Å². The quantitative estimate of drug-likeness (QED) is 0.545. The number of rotatable bonds is 4. The average molecular weight is 175 g/mol. The molecule has 0 aliphatic rings. The number of nitrogens with one attached hydrogen (secondary N) is 1. The molecule has 1 rings (SSSR count). The molecule has 0 aliphatic carbocycles. The molecule has 0 atom stereocenters. The fourth-order valence-corrected chi connectivity index (χ4v) is 0.888. The maximum Gasteiger partial charge on any atom is 0.0724 e. The first-order valence-corrected chi connectivity index (χ1v) is 4.24. The highest BCUT2D eigenvalue weighted by Crippen LogP contribution is 1.92. The summed E-state index contributed by atoms with van der Waals surface area (Å²) in [7, 11) is 0. The second-order valence-corrected chi connectivity index (χ2v) is 2.78. The highest BCUT2D eigenvalue weighted by Gasteiger charge is 1.93. The van der Waals surface area contributed by atoms with Crippen LogP contribution in [0.5, 0.6) is 0 Å². The Hall–Kier alpha value is -1.40. The molecular weight excluding hydrogens is 162 g/mol. The van der Waals surface area contributed by atoms with Crippen LogP contribution in [-0.2, 0) is 6.54 Å². The molecule has 0 amide bonds. The third kappa shape index (κ3) is 3.68. The van der Waals surface area contributed by atoms with Gasteiger partial charge in [0.05, 0.1) is 11.4 Å². The summed E-state index contributed by atoms with van der Waals surface area (Å²) in [5.41, 5.74) is 1.88. The van der Waals surface area contributed by atoms with Gasteiger partial charge in [0, 0.05) is 31.9 Å². The van der Waals surface area contributed by atoms with Crippen LogP contribution in [0.4, 0.5) is 0 Å². The fraction of sp³-hybridized carbons (Fsp3) is 0.400. The minimum atomic E-state index is 0.731. The first-order valence-electron chi connectivity index (χ1n) is 4.24. The van der Waals surface area contributed by atoms with Gasteiger partial charge < -0.3 is 5.32 Å². The normalized spacial score (nSPS) is 9.54. The maximum absolute atomic E-state index is 5.11. The monoisotopic (exact) mass is 175 g/mol. The van der Waals surface area contributed by atoms with Gasteiger partial charge in [-0.3, -0.25) is 9.97 Å². The molecule has 3 heteroatoms. The number of hydrogen-bond donors (Lipinski definition) is 1. The van der Waals surface area contributed by atoms with Crippen molar-refractivity contribution in [2.45, 2.75) is 19.9 Å². The number of terminal acetylenes is 1. The summed E-state index contributed by atoms with van der Waals surface area (Å²) in [6, 6.07) is 0. The molecular formula is C10H13N3. The molecule has 0 aliphatic heterocycles. The highest BCUT2D eigenvalue weighted by atomic mass is 14.9. The van der Waals surface area contributed by atoms with Gasteiger partial charge in [-0.25, -0.2) is 0 Å². The Morgan fingerprint density at radius 3 is 2.92 bits per heavy atom. The highest BCUT2D eigenvalue weighted by molar-refractivity contribution is 5.00. The van der Waals surface area contributed by atoms with E-state index in [1.54, 1.807) is 12.4 Å². The van der Waals surface area contributed by atoms with E-state index in [2.05, 4.69) is 21.2 Å². The second-order valence-electron chi connectivity index (χ2n) is 2.78. The van der Waals surface area contributed by atoms with Gasteiger partial charge in [0.25, 0.3) is 0 Å². The van der Waals surface area contributed by atoms with Crippen LogP contribution in [-0.4, -0.2) is 16.5 Å². The van der Waals surface area contributed by atoms with E-state index in [0.717, 1.165) is 30.9 Å². The predicted octanol–water partition coefficient (Wildman–Crippen LogP) is 0.898. The van der Waals surface area contributed by atoms with E-state index in [4.69, 9.17) is 6.42 Å². The molecule has 13 heavy (non-hydrogen) atoms. The molecule has 0 bridgehead atoms. The lowest BCUT2D eigenvalue weighted by atomic mass is 10.4. The second kappa shape index (κ2) is 5.28. The van der Waals surface area contributed by atoms with Gasteiger partial charge in [0.15, 0.2) is 0 Å². The Bertz CT molecular complexity index is 284. The Kier molecular flexibility index (Phi) is 3.94. The van der Waals surface area contributed by atoms with E-state index < -0.39 is 0 Å². The summed E-state index contributed by atoms with van der Waals surface area (Å²) in [6.45, 7) is 3.48. The molecule has 0 aromatic carbocycles. The van der Waals surface area contributed by atoms with E-state index in [-0.39, 0.29) is 0 Å². The minimum Gasteiger partial charge on any atom is -0.310 e. The lowest BCUT2D eigenvalue weighted by Crippen LogP contribution is -2.15. The van der Waals surface area contributed by atoms with Gasteiger partial charge in [-0.05, 0) is 6.92 Å². The first-order chi connectivity index (χ1) is 6.33. The van der Waals surface area contributed by atoms with Crippen molar-refractivity contribution in [3.8, 4) is 12.3 Å². The molecule has 0 radical (unpaired) electrons. The van der Waals surface area contributed by atoms with Crippen LogP contribution in [0, 0.1) is 19.3 Å². The molecule has 0 spiro atoms. The van der Waals surface area contributed by atoms with E-state index in [1.807, 2.05) is 6.92 Å². The van der Waals surface area contributed by atoms with Crippen LogP contribution in [0.3, 0.4) is 0 Å². The Morgan fingerprint density at radius 1 is 1.46 bits per heavy atom. The summed E-state index contributed by atoms with van der Waals surface area (Å²) in [4.78, 5) is 8.33. The van der Waals surface area contributed by atoms with Gasteiger partial charge in [-0.2, -0.15) is 0 Å². The lowest BCUT2D eigenvalue weighted by Gasteiger charge is -2.01. The summed E-state index contributed by atoms with van der Waals surface area (Å²) >= 11 is 0. The molecule has 0 unspecified atom stereocenters. The summed E-state index contributed by atoms with van der Waals surface area (Å²) < 4.78 is 0. The SMILES string of the molecule is C#CCCNCc1cnc(C)cn1.